The Kier molecular flexibility index (Phi) is 4.90. The van der Waals surface area contributed by atoms with Gasteiger partial charge in [-0.3, -0.25) is 4.79 Å². The van der Waals surface area contributed by atoms with Crippen LogP contribution in [0.5, 0.6) is 0 Å². The molecular weight excluding hydrogens is 330 g/mol. The van der Waals surface area contributed by atoms with Crippen LogP contribution in [0, 0.1) is 31.1 Å². The van der Waals surface area contributed by atoms with E-state index >= 15 is 0 Å². The number of aryl methyl sites for hydroxylation is 1. The number of aromatic nitrogens is 1. The summed E-state index contributed by atoms with van der Waals surface area (Å²) in [7, 11) is 0. The Balaban J connectivity index is 1.51. The first-order chi connectivity index (χ1) is 12.3. The second kappa shape index (κ2) is 6.99. The van der Waals surface area contributed by atoms with Gasteiger partial charge in [-0.05, 0) is 70.1 Å². The van der Waals surface area contributed by atoms with Crippen LogP contribution in [-0.2, 0) is 14.3 Å². The highest BCUT2D eigenvalue weighted by molar-refractivity contribution is 5.89. The van der Waals surface area contributed by atoms with E-state index in [1.807, 2.05) is 6.92 Å². The highest BCUT2D eigenvalue weighted by Gasteiger charge is 2.43. The summed E-state index contributed by atoms with van der Waals surface area (Å²) in [6.45, 7) is 5.44. The van der Waals surface area contributed by atoms with Crippen molar-refractivity contribution in [2.45, 2.75) is 58.0 Å². The monoisotopic (exact) mass is 355 g/mol. The summed E-state index contributed by atoms with van der Waals surface area (Å²) in [6.07, 6.45) is 7.36. The molecule has 1 N–H and O–H groups in total. The van der Waals surface area contributed by atoms with Crippen LogP contribution in [0.25, 0.3) is 6.08 Å². The maximum Gasteiger partial charge on any atom is 0.331 e. The smallest absolute Gasteiger partial charge is 0.331 e. The molecule has 2 fully saturated rings. The van der Waals surface area contributed by atoms with Crippen LogP contribution in [-0.4, -0.2) is 28.6 Å². The molecule has 6 nitrogen and oxygen atoms in total. The molecule has 0 aliphatic heterocycles. The maximum atomic E-state index is 11.9. The second-order valence-corrected chi connectivity index (χ2v) is 7.51. The second-order valence-electron chi connectivity index (χ2n) is 7.51. The molecule has 0 aromatic carbocycles. The highest BCUT2D eigenvalue weighted by Crippen LogP contribution is 2.39. The summed E-state index contributed by atoms with van der Waals surface area (Å²) in [5.74, 6) is -0.829. The van der Waals surface area contributed by atoms with E-state index < -0.39 is 17.4 Å². The van der Waals surface area contributed by atoms with E-state index in [0.717, 1.165) is 24.1 Å². The first-order valence-corrected chi connectivity index (χ1v) is 9.09. The molecule has 0 bridgehead atoms. The van der Waals surface area contributed by atoms with Gasteiger partial charge in [0.05, 0.1) is 6.07 Å². The van der Waals surface area contributed by atoms with Gasteiger partial charge in [0, 0.05) is 23.5 Å². The lowest BCUT2D eigenvalue weighted by atomic mass is 9.98. The van der Waals surface area contributed by atoms with Crippen LogP contribution in [0.2, 0.25) is 0 Å². The van der Waals surface area contributed by atoms with E-state index in [2.05, 4.69) is 28.9 Å². The molecule has 1 amide bonds. The van der Waals surface area contributed by atoms with Crippen LogP contribution >= 0.6 is 0 Å². The Morgan fingerprint density at radius 2 is 2.08 bits per heavy atom. The molecule has 0 saturated heterocycles. The van der Waals surface area contributed by atoms with Gasteiger partial charge >= 0.3 is 5.97 Å². The first-order valence-electron chi connectivity index (χ1n) is 9.09. The molecule has 1 aromatic heterocycles. The molecule has 2 aliphatic carbocycles. The fourth-order valence-corrected chi connectivity index (χ4v) is 3.42. The summed E-state index contributed by atoms with van der Waals surface area (Å²) < 4.78 is 7.30. The predicted octanol–water partition coefficient (Wildman–Crippen LogP) is 2.80. The van der Waals surface area contributed by atoms with Crippen molar-refractivity contribution < 1.29 is 14.3 Å². The third kappa shape index (κ3) is 3.98. The third-order valence-corrected chi connectivity index (χ3v) is 5.21. The lowest BCUT2D eigenvalue weighted by Gasteiger charge is -2.22. The van der Waals surface area contributed by atoms with Gasteiger partial charge in [-0.1, -0.05) is 0 Å². The van der Waals surface area contributed by atoms with Crippen LogP contribution in [0.1, 0.15) is 55.6 Å². The number of nitrogens with zero attached hydrogens (tertiary/aromatic N) is 2. The van der Waals surface area contributed by atoms with Gasteiger partial charge in [0.25, 0.3) is 5.91 Å². The van der Waals surface area contributed by atoms with Crippen molar-refractivity contribution in [1.29, 1.82) is 5.26 Å². The molecule has 0 unspecified atom stereocenters. The van der Waals surface area contributed by atoms with Gasteiger partial charge < -0.3 is 14.6 Å². The molecule has 1 atom stereocenters. The van der Waals surface area contributed by atoms with Crippen molar-refractivity contribution in [3.8, 4) is 6.07 Å². The molecule has 2 aliphatic rings. The summed E-state index contributed by atoms with van der Waals surface area (Å²) in [6, 6.07) is 4.79. The standard InChI is InChI=1S/C20H25N3O3/c1-13-10-15(14(2)23(13)17-7-8-17)4-9-19(25)26-11-18(24)22-20(3,12-21)16-5-6-16/h4,9-10,16-17H,5-8,11H2,1-3H3,(H,22,24)/b9-4+/t20-/m0/s1. The Hall–Kier alpha value is -2.55. The summed E-state index contributed by atoms with van der Waals surface area (Å²) in [4.78, 5) is 23.8. The molecular formula is C20H25N3O3. The topological polar surface area (TPSA) is 84.1 Å². The largest absolute Gasteiger partial charge is 0.452 e. The minimum atomic E-state index is -0.875. The molecule has 6 heteroatoms. The molecule has 26 heavy (non-hydrogen) atoms. The SMILES string of the molecule is Cc1cc(/C=C/C(=O)OCC(=O)N[C@@](C)(C#N)C2CC2)c(C)n1C1CC1. The fraction of sp³-hybridized carbons (Fsp3) is 0.550. The summed E-state index contributed by atoms with van der Waals surface area (Å²) >= 11 is 0. The van der Waals surface area contributed by atoms with Crippen molar-refractivity contribution in [1.82, 2.24) is 9.88 Å². The third-order valence-electron chi connectivity index (χ3n) is 5.21. The maximum absolute atomic E-state index is 11.9. The van der Waals surface area contributed by atoms with E-state index in [0.29, 0.717) is 6.04 Å². The van der Waals surface area contributed by atoms with Crippen LogP contribution in [0.4, 0.5) is 0 Å². The minimum absolute atomic E-state index is 0.189. The van der Waals surface area contributed by atoms with Gasteiger partial charge in [0.2, 0.25) is 0 Å². The van der Waals surface area contributed by atoms with Gasteiger partial charge in [0.15, 0.2) is 6.61 Å². The number of rotatable bonds is 7. The van der Waals surface area contributed by atoms with E-state index in [1.165, 1.54) is 24.6 Å². The molecule has 138 valence electrons. The average Bonchev–Trinajstić information content (AvgIpc) is 3.49. The number of amides is 1. The number of hydrogen-bond acceptors (Lipinski definition) is 4. The van der Waals surface area contributed by atoms with Gasteiger partial charge in [-0.25, -0.2) is 4.79 Å². The van der Waals surface area contributed by atoms with Crippen LogP contribution in [0.3, 0.4) is 0 Å². The molecule has 0 radical (unpaired) electrons. The number of nitrogens with one attached hydrogen (secondary N) is 1. The zero-order chi connectivity index (χ0) is 18.9. The quantitative estimate of drug-likeness (QED) is 0.602. The minimum Gasteiger partial charge on any atom is -0.452 e. The molecule has 2 saturated carbocycles. The van der Waals surface area contributed by atoms with E-state index in [1.54, 1.807) is 13.0 Å². The highest BCUT2D eigenvalue weighted by atomic mass is 16.5. The lowest BCUT2D eigenvalue weighted by molar-refractivity contribution is -0.144. The average molecular weight is 355 g/mol. The van der Waals surface area contributed by atoms with Crippen molar-refractivity contribution in [2.75, 3.05) is 6.61 Å². The Morgan fingerprint density at radius 1 is 1.38 bits per heavy atom. The number of carbonyl (C=O) groups excluding carboxylic acids is 2. The van der Waals surface area contributed by atoms with E-state index in [9.17, 15) is 14.9 Å². The predicted molar refractivity (Wildman–Crippen MR) is 97.1 cm³/mol. The van der Waals surface area contributed by atoms with Crippen LogP contribution in [0.15, 0.2) is 12.1 Å². The molecule has 1 aromatic rings. The Morgan fingerprint density at radius 3 is 2.65 bits per heavy atom. The van der Waals surface area contributed by atoms with Crippen LogP contribution < -0.4 is 5.32 Å². The molecule has 3 rings (SSSR count). The number of nitriles is 1. The molecule has 1 heterocycles. The van der Waals surface area contributed by atoms with Crippen molar-refractivity contribution in [3.05, 3.63) is 29.1 Å². The zero-order valence-electron chi connectivity index (χ0n) is 15.5. The lowest BCUT2D eigenvalue weighted by Crippen LogP contribution is -2.48. The number of esters is 1. The van der Waals surface area contributed by atoms with E-state index in [-0.39, 0.29) is 12.5 Å². The number of hydrogen-bond donors (Lipinski definition) is 1. The zero-order valence-corrected chi connectivity index (χ0v) is 15.5. The summed E-state index contributed by atoms with van der Waals surface area (Å²) in [5.41, 5.74) is 2.44. The number of carbonyl (C=O) groups is 2. The fourth-order valence-electron chi connectivity index (χ4n) is 3.42. The van der Waals surface area contributed by atoms with E-state index in [4.69, 9.17) is 4.74 Å². The van der Waals surface area contributed by atoms with Crippen molar-refractivity contribution in [3.63, 3.8) is 0 Å². The first kappa shape index (κ1) is 18.2. The van der Waals surface area contributed by atoms with Gasteiger partial charge in [0.1, 0.15) is 5.54 Å². The van der Waals surface area contributed by atoms with Gasteiger partial charge in [-0.15, -0.1) is 0 Å². The Labute approximate surface area is 153 Å². The normalized spacial score (nSPS) is 19.0. The van der Waals surface area contributed by atoms with Crippen molar-refractivity contribution >= 4 is 18.0 Å². The Bertz CT molecular complexity index is 794. The summed E-state index contributed by atoms with van der Waals surface area (Å²) in [5, 5.41) is 11.9. The molecule has 0 spiro atoms. The van der Waals surface area contributed by atoms with Crippen molar-refractivity contribution in [2.24, 2.45) is 5.92 Å². The number of ether oxygens (including phenoxy) is 1. The van der Waals surface area contributed by atoms with Gasteiger partial charge in [-0.2, -0.15) is 5.26 Å².